The molecule has 0 amide bonds. The summed E-state index contributed by atoms with van der Waals surface area (Å²) in [6.07, 6.45) is 1.03. The fourth-order valence-electron chi connectivity index (χ4n) is 1.90. The number of aromatic hydroxyl groups is 1. The second kappa shape index (κ2) is 3.69. The van der Waals surface area contributed by atoms with Crippen molar-refractivity contribution in [3.8, 4) is 11.8 Å². The van der Waals surface area contributed by atoms with Crippen LogP contribution >= 0.6 is 0 Å². The van der Waals surface area contributed by atoms with Crippen LogP contribution in [0, 0.1) is 11.3 Å². The highest BCUT2D eigenvalue weighted by Gasteiger charge is 2.20. The van der Waals surface area contributed by atoms with Gasteiger partial charge in [-0.25, -0.2) is 0 Å². The molecule has 1 fully saturated rings. The standard InChI is InChI=1S/C11H12N2O/c12-6-8-2-1-3-10(11(8)14)9-4-5-13-7-9/h1-3,9,13-14H,4-5,7H2. The van der Waals surface area contributed by atoms with Crippen molar-refractivity contribution < 1.29 is 5.11 Å². The van der Waals surface area contributed by atoms with E-state index < -0.39 is 0 Å². The summed E-state index contributed by atoms with van der Waals surface area (Å²) in [5, 5.41) is 21.8. The van der Waals surface area contributed by atoms with Gasteiger partial charge in [-0.1, -0.05) is 12.1 Å². The van der Waals surface area contributed by atoms with Crippen molar-refractivity contribution in [3.63, 3.8) is 0 Å². The molecule has 1 aliphatic heterocycles. The number of phenols is 1. The zero-order valence-electron chi connectivity index (χ0n) is 7.83. The van der Waals surface area contributed by atoms with Crippen LogP contribution in [0.3, 0.4) is 0 Å². The molecule has 14 heavy (non-hydrogen) atoms. The molecule has 1 aromatic carbocycles. The van der Waals surface area contributed by atoms with Crippen LogP contribution in [0.2, 0.25) is 0 Å². The zero-order valence-corrected chi connectivity index (χ0v) is 7.83. The SMILES string of the molecule is N#Cc1cccc(C2CCNC2)c1O. The molecule has 1 aromatic rings. The first-order chi connectivity index (χ1) is 6.83. The zero-order chi connectivity index (χ0) is 9.97. The average molecular weight is 188 g/mol. The monoisotopic (exact) mass is 188 g/mol. The van der Waals surface area contributed by atoms with Crippen LogP contribution in [-0.4, -0.2) is 18.2 Å². The smallest absolute Gasteiger partial charge is 0.136 e. The van der Waals surface area contributed by atoms with Gasteiger partial charge in [-0.05, 0) is 24.6 Å². The number of phenolic OH excluding ortho intramolecular Hbond substituents is 1. The minimum Gasteiger partial charge on any atom is -0.506 e. The van der Waals surface area contributed by atoms with Gasteiger partial charge in [-0.2, -0.15) is 5.26 Å². The molecule has 3 nitrogen and oxygen atoms in total. The summed E-state index contributed by atoms with van der Waals surface area (Å²) in [4.78, 5) is 0. The Morgan fingerprint density at radius 2 is 2.36 bits per heavy atom. The molecule has 0 radical (unpaired) electrons. The van der Waals surface area contributed by atoms with Crippen molar-refractivity contribution in [2.45, 2.75) is 12.3 Å². The van der Waals surface area contributed by atoms with Crippen LogP contribution in [0.1, 0.15) is 23.5 Å². The topological polar surface area (TPSA) is 56.0 Å². The van der Waals surface area contributed by atoms with Crippen LogP contribution in [0.4, 0.5) is 0 Å². The maximum absolute atomic E-state index is 9.80. The summed E-state index contributed by atoms with van der Waals surface area (Å²) >= 11 is 0. The van der Waals surface area contributed by atoms with Crippen LogP contribution in [-0.2, 0) is 0 Å². The first kappa shape index (κ1) is 9.04. The first-order valence-corrected chi connectivity index (χ1v) is 4.75. The summed E-state index contributed by atoms with van der Waals surface area (Å²) in [6.45, 7) is 1.88. The molecule has 0 spiro atoms. The van der Waals surface area contributed by atoms with Crippen LogP contribution in [0.5, 0.6) is 5.75 Å². The van der Waals surface area contributed by atoms with Crippen molar-refractivity contribution in [2.75, 3.05) is 13.1 Å². The van der Waals surface area contributed by atoms with E-state index in [4.69, 9.17) is 5.26 Å². The minimum absolute atomic E-state index is 0.156. The third-order valence-corrected chi connectivity index (χ3v) is 2.69. The maximum atomic E-state index is 9.80. The average Bonchev–Trinajstić information content (AvgIpc) is 2.71. The highest BCUT2D eigenvalue weighted by atomic mass is 16.3. The van der Waals surface area contributed by atoms with E-state index in [9.17, 15) is 5.11 Å². The molecular weight excluding hydrogens is 176 g/mol. The maximum Gasteiger partial charge on any atom is 0.136 e. The fraction of sp³-hybridized carbons (Fsp3) is 0.364. The molecule has 0 saturated carbocycles. The van der Waals surface area contributed by atoms with Gasteiger partial charge in [0.1, 0.15) is 11.8 Å². The number of nitrogens with zero attached hydrogens (tertiary/aromatic N) is 1. The number of benzene rings is 1. The molecule has 0 bridgehead atoms. The summed E-state index contributed by atoms with van der Waals surface area (Å²) < 4.78 is 0. The predicted octanol–water partition coefficient (Wildman–Crippen LogP) is 1.34. The molecule has 1 heterocycles. The Morgan fingerprint density at radius 3 is 3.00 bits per heavy atom. The van der Waals surface area contributed by atoms with Crippen molar-refractivity contribution in [1.29, 1.82) is 5.26 Å². The van der Waals surface area contributed by atoms with Crippen LogP contribution < -0.4 is 5.32 Å². The second-order valence-corrected chi connectivity index (χ2v) is 3.54. The Bertz CT molecular complexity index is 375. The number of hydrogen-bond donors (Lipinski definition) is 2. The molecule has 2 rings (SSSR count). The van der Waals surface area contributed by atoms with E-state index in [1.165, 1.54) is 0 Å². The molecule has 2 N–H and O–H groups in total. The van der Waals surface area contributed by atoms with Crippen molar-refractivity contribution in [1.82, 2.24) is 5.32 Å². The van der Waals surface area contributed by atoms with Crippen LogP contribution in [0.25, 0.3) is 0 Å². The molecule has 1 saturated heterocycles. The van der Waals surface area contributed by atoms with E-state index in [0.717, 1.165) is 25.1 Å². The second-order valence-electron chi connectivity index (χ2n) is 3.54. The van der Waals surface area contributed by atoms with Gasteiger partial charge in [0.15, 0.2) is 0 Å². The number of hydrogen-bond acceptors (Lipinski definition) is 3. The van der Waals surface area contributed by atoms with Gasteiger partial charge in [0.25, 0.3) is 0 Å². The van der Waals surface area contributed by atoms with Gasteiger partial charge >= 0.3 is 0 Å². The highest BCUT2D eigenvalue weighted by molar-refractivity contribution is 5.49. The van der Waals surface area contributed by atoms with Gasteiger partial charge in [-0.15, -0.1) is 0 Å². The van der Waals surface area contributed by atoms with Gasteiger partial charge in [0, 0.05) is 12.5 Å². The molecule has 1 atom stereocenters. The van der Waals surface area contributed by atoms with E-state index in [1.54, 1.807) is 6.07 Å². The lowest BCUT2D eigenvalue weighted by atomic mass is 9.95. The molecule has 3 heteroatoms. The fourth-order valence-corrected chi connectivity index (χ4v) is 1.90. The minimum atomic E-state index is 0.156. The third-order valence-electron chi connectivity index (χ3n) is 2.69. The number of nitriles is 1. The van der Waals surface area contributed by atoms with E-state index in [0.29, 0.717) is 11.5 Å². The molecule has 1 aliphatic rings. The molecular formula is C11H12N2O. The predicted molar refractivity (Wildman–Crippen MR) is 53.0 cm³/mol. The number of rotatable bonds is 1. The Kier molecular flexibility index (Phi) is 2.38. The van der Waals surface area contributed by atoms with E-state index >= 15 is 0 Å². The number of nitrogens with one attached hydrogen (secondary N) is 1. The lowest BCUT2D eigenvalue weighted by Gasteiger charge is -2.11. The van der Waals surface area contributed by atoms with E-state index in [-0.39, 0.29) is 5.75 Å². The van der Waals surface area contributed by atoms with Crippen molar-refractivity contribution >= 4 is 0 Å². The summed E-state index contributed by atoms with van der Waals surface area (Å²) in [6, 6.07) is 7.35. The Labute approximate surface area is 83.0 Å². The lowest BCUT2D eigenvalue weighted by Crippen LogP contribution is -2.08. The molecule has 72 valence electrons. The normalized spacial score (nSPS) is 20.6. The van der Waals surface area contributed by atoms with Gasteiger partial charge < -0.3 is 10.4 Å². The van der Waals surface area contributed by atoms with Gasteiger partial charge in [-0.3, -0.25) is 0 Å². The Balaban J connectivity index is 2.38. The Hall–Kier alpha value is -1.53. The van der Waals surface area contributed by atoms with Crippen molar-refractivity contribution in [2.24, 2.45) is 0 Å². The van der Waals surface area contributed by atoms with E-state index in [2.05, 4.69) is 5.32 Å². The lowest BCUT2D eigenvalue weighted by molar-refractivity contribution is 0.461. The molecule has 1 unspecified atom stereocenters. The first-order valence-electron chi connectivity index (χ1n) is 4.75. The molecule has 0 aromatic heterocycles. The third kappa shape index (κ3) is 1.45. The van der Waals surface area contributed by atoms with Gasteiger partial charge in [0.05, 0.1) is 5.56 Å². The summed E-state index contributed by atoms with van der Waals surface area (Å²) in [5.41, 5.74) is 1.27. The Morgan fingerprint density at radius 1 is 1.50 bits per heavy atom. The van der Waals surface area contributed by atoms with Crippen LogP contribution in [0.15, 0.2) is 18.2 Å². The highest BCUT2D eigenvalue weighted by Crippen LogP contribution is 2.31. The summed E-state index contributed by atoms with van der Waals surface area (Å²) in [7, 11) is 0. The quantitative estimate of drug-likeness (QED) is 0.699. The van der Waals surface area contributed by atoms with Crippen molar-refractivity contribution in [3.05, 3.63) is 29.3 Å². The molecule has 0 aliphatic carbocycles. The van der Waals surface area contributed by atoms with E-state index in [1.807, 2.05) is 18.2 Å². The van der Waals surface area contributed by atoms with Gasteiger partial charge in [0.2, 0.25) is 0 Å². The largest absolute Gasteiger partial charge is 0.506 e. The number of para-hydroxylation sites is 1. The summed E-state index contributed by atoms with van der Waals surface area (Å²) in [5.74, 6) is 0.506.